The summed E-state index contributed by atoms with van der Waals surface area (Å²) in [7, 11) is 0. The summed E-state index contributed by atoms with van der Waals surface area (Å²) in [5.41, 5.74) is 0.747. The van der Waals surface area contributed by atoms with Crippen LogP contribution in [0.5, 0.6) is 5.88 Å². The maximum atomic E-state index is 12.8. The van der Waals surface area contributed by atoms with E-state index in [-0.39, 0.29) is 12.5 Å². The Kier molecular flexibility index (Phi) is 4.44. The third-order valence-corrected chi connectivity index (χ3v) is 4.15. The number of rotatable bonds is 5. The molecule has 0 saturated heterocycles. The molecule has 0 unspecified atom stereocenters. The Morgan fingerprint density at radius 2 is 2.12 bits per heavy atom. The number of ether oxygens (including phenoxy) is 1. The van der Waals surface area contributed by atoms with Crippen LogP contribution in [0.25, 0.3) is 10.2 Å². The van der Waals surface area contributed by atoms with E-state index in [1.54, 1.807) is 6.20 Å². The zero-order valence-corrected chi connectivity index (χ0v) is 14.1. The summed E-state index contributed by atoms with van der Waals surface area (Å²) in [6, 6.07) is 6.45. The predicted molar refractivity (Wildman–Crippen MR) is 90.9 cm³/mol. The number of fused-ring (bicyclic) bond motifs is 1. The number of nitrogens with zero attached hydrogens (tertiary/aromatic N) is 2. The van der Waals surface area contributed by atoms with Crippen LogP contribution in [0.4, 0.5) is 4.39 Å². The average molecular weight is 345 g/mol. The quantitative estimate of drug-likeness (QED) is 0.770. The maximum Gasteiger partial charge on any atom is 0.253 e. The van der Waals surface area contributed by atoms with E-state index in [0.717, 1.165) is 16.4 Å². The standard InChI is InChI=1S/C17H16FN3O2S/c1-17(2,10-23-15-4-3-12(18)9-20-15)21-16(22)11-7-14-13(19-8-11)5-6-24-14/h3-9H,10H2,1-2H3,(H,21,22). The van der Waals surface area contributed by atoms with Crippen LogP contribution in [0.3, 0.4) is 0 Å². The van der Waals surface area contributed by atoms with E-state index in [9.17, 15) is 9.18 Å². The first-order valence-corrected chi connectivity index (χ1v) is 8.21. The highest BCUT2D eigenvalue weighted by atomic mass is 32.1. The lowest BCUT2D eigenvalue weighted by Gasteiger charge is -2.26. The van der Waals surface area contributed by atoms with Crippen molar-refractivity contribution >= 4 is 27.5 Å². The van der Waals surface area contributed by atoms with Crippen molar-refractivity contribution < 1.29 is 13.9 Å². The first-order valence-electron chi connectivity index (χ1n) is 7.33. The highest BCUT2D eigenvalue weighted by molar-refractivity contribution is 7.17. The molecule has 3 aromatic rings. The van der Waals surface area contributed by atoms with E-state index in [0.29, 0.717) is 11.4 Å². The minimum absolute atomic E-state index is 0.200. The molecule has 124 valence electrons. The third-order valence-electron chi connectivity index (χ3n) is 3.30. The first-order chi connectivity index (χ1) is 11.4. The van der Waals surface area contributed by atoms with Crippen LogP contribution in [0.2, 0.25) is 0 Å². The molecule has 0 atom stereocenters. The lowest BCUT2D eigenvalue weighted by Crippen LogP contribution is -2.47. The highest BCUT2D eigenvalue weighted by Gasteiger charge is 2.23. The Labute approximate surface area is 142 Å². The number of pyridine rings is 2. The Morgan fingerprint density at radius 1 is 1.29 bits per heavy atom. The lowest BCUT2D eigenvalue weighted by molar-refractivity contribution is 0.0878. The predicted octanol–water partition coefficient (Wildman–Crippen LogP) is 3.42. The van der Waals surface area contributed by atoms with Gasteiger partial charge in [-0.1, -0.05) is 0 Å². The van der Waals surface area contributed by atoms with Gasteiger partial charge in [-0.15, -0.1) is 11.3 Å². The number of halogens is 1. The van der Waals surface area contributed by atoms with Crippen LogP contribution >= 0.6 is 11.3 Å². The van der Waals surface area contributed by atoms with Gasteiger partial charge >= 0.3 is 0 Å². The summed E-state index contributed by atoms with van der Waals surface area (Å²) in [5, 5.41) is 4.85. The molecule has 0 aliphatic heterocycles. The second-order valence-electron chi connectivity index (χ2n) is 5.97. The molecule has 3 rings (SSSR count). The van der Waals surface area contributed by atoms with Crippen molar-refractivity contribution in [3.8, 4) is 5.88 Å². The van der Waals surface area contributed by atoms with Crippen LogP contribution in [0, 0.1) is 5.82 Å². The summed E-state index contributed by atoms with van der Waals surface area (Å²) in [6.45, 7) is 3.88. The summed E-state index contributed by atoms with van der Waals surface area (Å²) < 4.78 is 19.3. The Morgan fingerprint density at radius 3 is 2.88 bits per heavy atom. The average Bonchev–Trinajstić information content (AvgIpc) is 3.01. The van der Waals surface area contributed by atoms with Crippen LogP contribution in [0.1, 0.15) is 24.2 Å². The molecule has 1 N–H and O–H groups in total. The van der Waals surface area contributed by atoms with E-state index < -0.39 is 11.4 Å². The minimum atomic E-state index is -0.627. The van der Waals surface area contributed by atoms with Crippen LogP contribution in [-0.4, -0.2) is 28.0 Å². The number of thiophene rings is 1. The van der Waals surface area contributed by atoms with Gasteiger partial charge in [-0.2, -0.15) is 0 Å². The van der Waals surface area contributed by atoms with E-state index in [1.807, 2.05) is 31.4 Å². The van der Waals surface area contributed by atoms with Gasteiger partial charge in [0.25, 0.3) is 5.91 Å². The molecule has 0 aliphatic carbocycles. The summed E-state index contributed by atoms with van der Waals surface area (Å²) >= 11 is 1.54. The molecule has 0 spiro atoms. The number of hydrogen-bond donors (Lipinski definition) is 1. The molecule has 0 radical (unpaired) electrons. The highest BCUT2D eigenvalue weighted by Crippen LogP contribution is 2.20. The molecule has 7 heteroatoms. The SMILES string of the molecule is CC(C)(COc1ccc(F)cn1)NC(=O)c1cnc2ccsc2c1. The molecular weight excluding hydrogens is 329 g/mol. The molecule has 24 heavy (non-hydrogen) atoms. The lowest BCUT2D eigenvalue weighted by atomic mass is 10.1. The molecule has 0 fully saturated rings. The number of amides is 1. The van der Waals surface area contributed by atoms with Gasteiger partial charge in [-0.05, 0) is 37.4 Å². The Hall–Kier alpha value is -2.54. The Bertz CT molecular complexity index is 862. The van der Waals surface area contributed by atoms with E-state index in [2.05, 4.69) is 15.3 Å². The summed E-state index contributed by atoms with van der Waals surface area (Å²) in [6.07, 6.45) is 2.64. The van der Waals surface area contributed by atoms with Crippen molar-refractivity contribution in [1.29, 1.82) is 0 Å². The number of aromatic nitrogens is 2. The largest absolute Gasteiger partial charge is 0.475 e. The fourth-order valence-electron chi connectivity index (χ4n) is 2.09. The number of nitrogens with one attached hydrogen (secondary N) is 1. The van der Waals surface area contributed by atoms with Gasteiger partial charge in [0.1, 0.15) is 12.4 Å². The number of carbonyl (C=O) groups is 1. The topological polar surface area (TPSA) is 64.1 Å². The molecule has 3 heterocycles. The van der Waals surface area contributed by atoms with Gasteiger partial charge in [0, 0.05) is 12.3 Å². The van der Waals surface area contributed by atoms with Crippen molar-refractivity contribution in [2.24, 2.45) is 0 Å². The van der Waals surface area contributed by atoms with Crippen LogP contribution in [-0.2, 0) is 0 Å². The van der Waals surface area contributed by atoms with E-state index in [4.69, 9.17) is 4.74 Å². The van der Waals surface area contributed by atoms with Crippen molar-refractivity contribution in [2.75, 3.05) is 6.61 Å². The smallest absolute Gasteiger partial charge is 0.253 e. The molecule has 0 bridgehead atoms. The Balaban J connectivity index is 1.64. The van der Waals surface area contributed by atoms with Crippen molar-refractivity contribution in [1.82, 2.24) is 15.3 Å². The summed E-state index contributed by atoms with van der Waals surface area (Å²) in [5.74, 6) is -0.342. The molecule has 0 saturated carbocycles. The molecule has 0 aromatic carbocycles. The molecule has 3 aromatic heterocycles. The zero-order chi connectivity index (χ0) is 17.2. The number of hydrogen-bond acceptors (Lipinski definition) is 5. The van der Waals surface area contributed by atoms with Crippen LogP contribution < -0.4 is 10.1 Å². The molecular formula is C17H16FN3O2S. The maximum absolute atomic E-state index is 12.8. The zero-order valence-electron chi connectivity index (χ0n) is 13.2. The third kappa shape index (κ3) is 3.86. The van der Waals surface area contributed by atoms with Gasteiger partial charge in [-0.25, -0.2) is 9.37 Å². The fourth-order valence-corrected chi connectivity index (χ4v) is 2.87. The normalized spacial score (nSPS) is 11.5. The van der Waals surface area contributed by atoms with Crippen LogP contribution in [0.15, 0.2) is 42.0 Å². The monoisotopic (exact) mass is 345 g/mol. The second-order valence-corrected chi connectivity index (χ2v) is 6.92. The van der Waals surface area contributed by atoms with E-state index in [1.165, 1.54) is 23.5 Å². The molecule has 1 amide bonds. The molecule has 0 aliphatic rings. The fraction of sp³-hybridized carbons (Fsp3) is 0.235. The van der Waals surface area contributed by atoms with E-state index >= 15 is 0 Å². The van der Waals surface area contributed by atoms with Gasteiger partial charge in [0.2, 0.25) is 5.88 Å². The van der Waals surface area contributed by atoms with Gasteiger partial charge < -0.3 is 10.1 Å². The second kappa shape index (κ2) is 6.52. The first kappa shape index (κ1) is 16.3. The molecule has 5 nitrogen and oxygen atoms in total. The number of carbonyl (C=O) groups excluding carboxylic acids is 1. The van der Waals surface area contributed by atoms with Gasteiger partial charge in [0.05, 0.1) is 27.5 Å². The minimum Gasteiger partial charge on any atom is -0.475 e. The van der Waals surface area contributed by atoms with Crippen molar-refractivity contribution in [2.45, 2.75) is 19.4 Å². The van der Waals surface area contributed by atoms with Gasteiger partial charge in [0.15, 0.2) is 0 Å². The van der Waals surface area contributed by atoms with Crippen molar-refractivity contribution in [3.63, 3.8) is 0 Å². The van der Waals surface area contributed by atoms with Gasteiger partial charge in [-0.3, -0.25) is 9.78 Å². The van der Waals surface area contributed by atoms with Crippen molar-refractivity contribution in [3.05, 3.63) is 53.4 Å². The summed E-state index contributed by atoms with van der Waals surface area (Å²) in [4.78, 5) is 20.5.